The van der Waals surface area contributed by atoms with Gasteiger partial charge in [-0.15, -0.1) is 0 Å². The van der Waals surface area contributed by atoms with Crippen molar-refractivity contribution < 1.29 is 19.2 Å². The number of amides is 1. The third-order valence-corrected chi connectivity index (χ3v) is 6.52. The first-order valence-corrected chi connectivity index (χ1v) is 12.7. The van der Waals surface area contributed by atoms with Gasteiger partial charge in [0.2, 0.25) is 5.91 Å². The number of non-ortho nitro benzene ring substituents is 1. The number of carbonyl (C=O) groups excluding carboxylic acids is 1. The van der Waals surface area contributed by atoms with Crippen molar-refractivity contribution in [1.29, 1.82) is 0 Å². The fraction of sp³-hybridized carbons (Fsp3) is 0.357. The Balaban J connectivity index is 1.65. The number of nitro benzene ring substituents is 1. The van der Waals surface area contributed by atoms with Crippen LogP contribution >= 0.6 is 15.9 Å². The number of rotatable bonds is 7. The van der Waals surface area contributed by atoms with Crippen LogP contribution in [0, 0.1) is 10.1 Å². The Bertz CT molecular complexity index is 1310. The Hall–Kier alpha value is -3.46. The third kappa shape index (κ3) is 7.07. The van der Waals surface area contributed by atoms with Gasteiger partial charge >= 0.3 is 0 Å². The Morgan fingerprint density at radius 2 is 1.70 bits per heavy atom. The standard InChI is InChI=1S/C28H32BrN3O5/c1-27(2,3)21-13-17(14-22(26(21)34)28(4,5)6)7-12-25(33)31-30-16-19-9-11-24(37-19)20-10-8-18(32(35)36)15-23(20)29/h8-11,13-16,34H,7,12H2,1-6H3,(H,31,33)/b30-16-. The number of hydrazone groups is 1. The van der Waals surface area contributed by atoms with Crippen LogP contribution in [0.4, 0.5) is 5.69 Å². The molecule has 196 valence electrons. The molecule has 0 bridgehead atoms. The van der Waals surface area contributed by atoms with Crippen molar-refractivity contribution in [2.24, 2.45) is 5.10 Å². The Kier molecular flexibility index (Phi) is 8.27. The van der Waals surface area contributed by atoms with Crippen LogP contribution in [0.2, 0.25) is 0 Å². The molecule has 0 unspecified atom stereocenters. The summed E-state index contributed by atoms with van der Waals surface area (Å²) in [4.78, 5) is 22.9. The molecular formula is C28H32BrN3O5. The highest BCUT2D eigenvalue weighted by Crippen LogP contribution is 2.40. The molecule has 0 atom stereocenters. The van der Waals surface area contributed by atoms with E-state index < -0.39 is 4.92 Å². The topological polar surface area (TPSA) is 118 Å². The number of furan rings is 1. The second kappa shape index (κ2) is 10.9. The van der Waals surface area contributed by atoms with Crippen LogP contribution in [-0.2, 0) is 22.0 Å². The number of aromatic hydroxyl groups is 1. The number of nitro groups is 1. The van der Waals surface area contributed by atoms with Gasteiger partial charge in [0.05, 0.1) is 11.1 Å². The fourth-order valence-electron chi connectivity index (χ4n) is 3.85. The van der Waals surface area contributed by atoms with Crippen molar-refractivity contribution in [2.75, 3.05) is 0 Å². The van der Waals surface area contributed by atoms with E-state index in [0.29, 0.717) is 33.7 Å². The average Bonchev–Trinajstić information content (AvgIpc) is 3.25. The molecule has 1 aromatic heterocycles. The summed E-state index contributed by atoms with van der Waals surface area (Å²) in [6.45, 7) is 12.3. The SMILES string of the molecule is CC(C)(C)c1cc(CCC(=O)N/N=C\c2ccc(-c3ccc([N+](=O)[O-])cc3Br)o2)cc(C(C)(C)C)c1O. The summed E-state index contributed by atoms with van der Waals surface area (Å²) in [6.07, 6.45) is 2.14. The minimum absolute atomic E-state index is 0.0248. The number of hydrogen-bond donors (Lipinski definition) is 2. The second-order valence-corrected chi connectivity index (χ2v) is 11.8. The molecule has 0 radical (unpaired) electrons. The molecule has 1 heterocycles. The van der Waals surface area contributed by atoms with Crippen molar-refractivity contribution >= 4 is 33.7 Å². The van der Waals surface area contributed by atoms with Crippen LogP contribution in [-0.4, -0.2) is 22.2 Å². The van der Waals surface area contributed by atoms with Crippen molar-refractivity contribution in [3.8, 4) is 17.1 Å². The van der Waals surface area contributed by atoms with Gasteiger partial charge in [-0.25, -0.2) is 5.43 Å². The number of aryl methyl sites for hydroxylation is 1. The zero-order valence-corrected chi connectivity index (χ0v) is 23.5. The molecule has 0 saturated carbocycles. The molecule has 2 aromatic carbocycles. The Labute approximate surface area is 225 Å². The van der Waals surface area contributed by atoms with Gasteiger partial charge in [-0.2, -0.15) is 5.10 Å². The van der Waals surface area contributed by atoms with E-state index in [0.717, 1.165) is 16.7 Å². The summed E-state index contributed by atoms with van der Waals surface area (Å²) >= 11 is 3.33. The maximum Gasteiger partial charge on any atom is 0.270 e. The lowest BCUT2D eigenvalue weighted by atomic mass is 9.78. The van der Waals surface area contributed by atoms with Crippen molar-refractivity contribution in [1.82, 2.24) is 5.43 Å². The number of phenols is 1. The summed E-state index contributed by atoms with van der Waals surface area (Å²) in [5, 5.41) is 25.8. The molecule has 0 aliphatic carbocycles. The molecule has 0 fully saturated rings. The Morgan fingerprint density at radius 1 is 1.08 bits per heavy atom. The van der Waals surface area contributed by atoms with Gasteiger partial charge in [0.1, 0.15) is 17.3 Å². The number of hydrogen-bond acceptors (Lipinski definition) is 6. The number of nitrogens with one attached hydrogen (secondary N) is 1. The quantitative estimate of drug-likeness (QED) is 0.180. The maximum atomic E-state index is 12.4. The average molecular weight is 570 g/mol. The zero-order valence-electron chi connectivity index (χ0n) is 21.9. The van der Waals surface area contributed by atoms with Crippen LogP contribution in [0.1, 0.15) is 70.4 Å². The zero-order chi connectivity index (χ0) is 27.5. The molecule has 3 aromatic rings. The predicted molar refractivity (Wildman–Crippen MR) is 148 cm³/mol. The fourth-order valence-corrected chi connectivity index (χ4v) is 4.41. The number of phenolic OH excluding ortho intramolecular Hbond substituents is 1. The molecule has 0 aliphatic rings. The van der Waals surface area contributed by atoms with Crippen molar-refractivity contribution in [3.05, 3.63) is 79.5 Å². The molecule has 0 spiro atoms. The molecule has 9 heteroatoms. The van der Waals surface area contributed by atoms with Gasteiger partial charge in [-0.3, -0.25) is 14.9 Å². The smallest absolute Gasteiger partial charge is 0.270 e. The highest BCUT2D eigenvalue weighted by molar-refractivity contribution is 9.10. The first-order chi connectivity index (χ1) is 17.2. The molecule has 2 N–H and O–H groups in total. The molecule has 0 saturated heterocycles. The highest BCUT2D eigenvalue weighted by atomic mass is 79.9. The largest absolute Gasteiger partial charge is 0.507 e. The summed E-state index contributed by atoms with van der Waals surface area (Å²) in [5.41, 5.74) is 5.39. The van der Waals surface area contributed by atoms with E-state index in [2.05, 4.69) is 68.0 Å². The van der Waals surface area contributed by atoms with Gasteiger partial charge in [0.25, 0.3) is 5.69 Å². The van der Waals surface area contributed by atoms with E-state index in [-0.39, 0.29) is 28.8 Å². The van der Waals surface area contributed by atoms with Crippen molar-refractivity contribution in [2.45, 2.75) is 65.2 Å². The lowest BCUT2D eigenvalue weighted by molar-refractivity contribution is -0.384. The van der Waals surface area contributed by atoms with Gasteiger partial charge in [-0.05, 0) is 68.1 Å². The van der Waals surface area contributed by atoms with Gasteiger partial charge in [0, 0.05) is 28.6 Å². The van der Waals surface area contributed by atoms with Crippen LogP contribution < -0.4 is 5.43 Å². The maximum absolute atomic E-state index is 12.4. The monoisotopic (exact) mass is 569 g/mol. The van der Waals surface area contributed by atoms with Gasteiger partial charge < -0.3 is 9.52 Å². The molecule has 3 rings (SSSR count). The summed E-state index contributed by atoms with van der Waals surface area (Å²) < 4.78 is 6.27. The third-order valence-electron chi connectivity index (χ3n) is 5.86. The molecule has 1 amide bonds. The number of carbonyl (C=O) groups is 1. The summed E-state index contributed by atoms with van der Waals surface area (Å²) in [5.74, 6) is 0.995. The van der Waals surface area contributed by atoms with Crippen LogP contribution in [0.5, 0.6) is 5.75 Å². The minimum Gasteiger partial charge on any atom is -0.507 e. The lowest BCUT2D eigenvalue weighted by Crippen LogP contribution is -2.20. The lowest BCUT2D eigenvalue weighted by Gasteiger charge is -2.28. The van der Waals surface area contributed by atoms with Crippen LogP contribution in [0.15, 0.2) is 56.5 Å². The van der Waals surface area contributed by atoms with Crippen LogP contribution in [0.25, 0.3) is 11.3 Å². The highest BCUT2D eigenvalue weighted by Gasteiger charge is 2.26. The number of halogens is 1. The normalized spacial score (nSPS) is 12.2. The van der Waals surface area contributed by atoms with E-state index >= 15 is 0 Å². The van der Waals surface area contributed by atoms with E-state index in [1.807, 2.05) is 12.1 Å². The van der Waals surface area contributed by atoms with E-state index in [1.54, 1.807) is 18.2 Å². The summed E-state index contributed by atoms with van der Waals surface area (Å²) in [6, 6.07) is 11.8. The second-order valence-electron chi connectivity index (χ2n) is 11.0. The Morgan fingerprint density at radius 3 is 2.24 bits per heavy atom. The number of nitrogens with zero attached hydrogens (tertiary/aromatic N) is 2. The van der Waals surface area contributed by atoms with E-state index in [1.165, 1.54) is 18.3 Å². The van der Waals surface area contributed by atoms with Gasteiger partial charge in [0.15, 0.2) is 0 Å². The van der Waals surface area contributed by atoms with Crippen LogP contribution in [0.3, 0.4) is 0 Å². The van der Waals surface area contributed by atoms with Crippen molar-refractivity contribution in [3.63, 3.8) is 0 Å². The van der Waals surface area contributed by atoms with E-state index in [9.17, 15) is 20.0 Å². The molecule has 0 aliphatic heterocycles. The van der Waals surface area contributed by atoms with E-state index in [4.69, 9.17) is 4.42 Å². The number of benzene rings is 2. The summed E-state index contributed by atoms with van der Waals surface area (Å²) in [7, 11) is 0. The van der Waals surface area contributed by atoms with Gasteiger partial charge in [-0.1, -0.05) is 53.7 Å². The predicted octanol–water partition coefficient (Wildman–Crippen LogP) is 7.00. The minimum atomic E-state index is -0.466. The molecule has 8 nitrogen and oxygen atoms in total. The molecule has 37 heavy (non-hydrogen) atoms. The molecular weight excluding hydrogens is 538 g/mol. The first-order valence-electron chi connectivity index (χ1n) is 11.9. The first kappa shape index (κ1) is 28.1.